The van der Waals surface area contributed by atoms with E-state index in [1.165, 1.54) is 0 Å². The van der Waals surface area contributed by atoms with Crippen LogP contribution in [-0.2, 0) is 16.2 Å². The van der Waals surface area contributed by atoms with Gasteiger partial charge in [0.1, 0.15) is 10.6 Å². The molecule has 2 unspecified atom stereocenters. The number of hydrogen-bond acceptors (Lipinski definition) is 3. The lowest BCUT2D eigenvalue weighted by atomic mass is 9.91. The molecule has 0 saturated heterocycles. The number of halogens is 2. The van der Waals surface area contributed by atoms with Gasteiger partial charge in [-0.2, -0.15) is 0 Å². The van der Waals surface area contributed by atoms with Crippen LogP contribution in [0.15, 0.2) is 24.3 Å². The van der Waals surface area contributed by atoms with Crippen LogP contribution in [0.2, 0.25) is 5.02 Å². The first-order valence-corrected chi connectivity index (χ1v) is 10.8. The number of hydrogen-bond donors (Lipinski definition) is 2. The van der Waals surface area contributed by atoms with E-state index in [2.05, 4.69) is 4.72 Å². The van der Waals surface area contributed by atoms with Gasteiger partial charge in [-0.15, -0.1) is 4.72 Å². The van der Waals surface area contributed by atoms with Gasteiger partial charge in [0.05, 0.1) is 17.5 Å². The topological polar surface area (TPSA) is 72.4 Å². The Kier molecular flexibility index (Phi) is 7.38. The predicted octanol–water partition coefficient (Wildman–Crippen LogP) is 5.64. The lowest BCUT2D eigenvalue weighted by Crippen LogP contribution is -2.42. The standard InChI is InChI=1S/C22H27ClFNO3S/c1-12-7-13(2)20(14(3)8-12)15-9-16(21(24)17(23)10-15)18(11-19(26)27)25-29(28)22(4,5)6/h7-10,18,25H,11H2,1-6H3,(H,26,27). The van der Waals surface area contributed by atoms with E-state index >= 15 is 0 Å². The van der Waals surface area contributed by atoms with Crippen LogP contribution in [0.5, 0.6) is 0 Å². The normalized spacial score (nSPS) is 14.0. The minimum atomic E-state index is -1.59. The highest BCUT2D eigenvalue weighted by Gasteiger charge is 2.32. The lowest BCUT2D eigenvalue weighted by Gasteiger charge is -2.28. The van der Waals surface area contributed by atoms with Gasteiger partial charge < -0.3 is 9.66 Å². The van der Waals surface area contributed by atoms with Crippen molar-refractivity contribution in [2.24, 2.45) is 0 Å². The maximum absolute atomic E-state index is 14.9. The first-order chi connectivity index (χ1) is 13.3. The van der Waals surface area contributed by atoms with E-state index in [1.54, 1.807) is 32.9 Å². The molecule has 2 atom stereocenters. The molecule has 4 nitrogen and oxygen atoms in total. The first kappa shape index (κ1) is 23.7. The number of carboxylic acids is 1. The first-order valence-electron chi connectivity index (χ1n) is 9.28. The zero-order valence-electron chi connectivity index (χ0n) is 17.5. The van der Waals surface area contributed by atoms with E-state index < -0.39 is 40.4 Å². The molecule has 7 heteroatoms. The molecule has 0 aromatic heterocycles. The van der Waals surface area contributed by atoms with Crippen molar-refractivity contribution >= 4 is 28.9 Å². The molecular weight excluding hydrogens is 413 g/mol. The highest BCUT2D eigenvalue weighted by atomic mass is 35.5. The fraction of sp³-hybridized carbons (Fsp3) is 0.409. The lowest BCUT2D eigenvalue weighted by molar-refractivity contribution is -0.137. The maximum atomic E-state index is 14.9. The number of carbonyl (C=O) groups is 1. The van der Waals surface area contributed by atoms with Crippen molar-refractivity contribution in [3.63, 3.8) is 0 Å². The summed E-state index contributed by atoms with van der Waals surface area (Å²) in [7, 11) is 0. The van der Waals surface area contributed by atoms with Gasteiger partial charge in [-0.25, -0.2) is 4.39 Å². The second-order valence-electron chi connectivity index (χ2n) is 8.28. The largest absolute Gasteiger partial charge is 0.598 e. The monoisotopic (exact) mass is 439 g/mol. The molecule has 29 heavy (non-hydrogen) atoms. The van der Waals surface area contributed by atoms with Gasteiger partial charge in [0.15, 0.2) is 0 Å². The average Bonchev–Trinajstić information content (AvgIpc) is 2.54. The molecule has 0 amide bonds. The number of aryl methyl sites for hydroxylation is 3. The van der Waals surface area contributed by atoms with Gasteiger partial charge in [0, 0.05) is 16.9 Å². The Balaban J connectivity index is 2.62. The predicted molar refractivity (Wildman–Crippen MR) is 117 cm³/mol. The smallest absolute Gasteiger partial charge is 0.305 e. The Morgan fingerprint density at radius 3 is 2.24 bits per heavy atom. The van der Waals surface area contributed by atoms with Crippen LogP contribution in [0.4, 0.5) is 4.39 Å². The molecule has 0 aliphatic heterocycles. The van der Waals surface area contributed by atoms with E-state index in [1.807, 2.05) is 32.9 Å². The minimum Gasteiger partial charge on any atom is -0.598 e. The van der Waals surface area contributed by atoms with Gasteiger partial charge in [-0.1, -0.05) is 29.3 Å². The molecule has 0 aliphatic carbocycles. The van der Waals surface area contributed by atoms with Crippen molar-refractivity contribution in [3.8, 4) is 11.1 Å². The Morgan fingerprint density at radius 2 is 1.76 bits per heavy atom. The highest BCUT2D eigenvalue weighted by Crippen LogP contribution is 2.36. The molecular formula is C22H27ClFNO3S. The number of rotatable bonds is 6. The number of carboxylic acid groups (broad SMARTS) is 1. The van der Waals surface area contributed by atoms with Crippen molar-refractivity contribution < 1.29 is 18.8 Å². The Labute approximate surface area is 179 Å². The summed E-state index contributed by atoms with van der Waals surface area (Å²) in [5.74, 6) is -1.83. The van der Waals surface area contributed by atoms with E-state index in [0.717, 1.165) is 22.3 Å². The van der Waals surface area contributed by atoms with E-state index in [4.69, 9.17) is 11.6 Å². The number of benzene rings is 2. The number of aliphatic carboxylic acids is 1. The van der Waals surface area contributed by atoms with Crippen molar-refractivity contribution in [3.05, 3.63) is 57.4 Å². The van der Waals surface area contributed by atoms with E-state index in [0.29, 0.717) is 5.56 Å². The molecule has 2 aromatic carbocycles. The second kappa shape index (κ2) is 9.04. The summed E-state index contributed by atoms with van der Waals surface area (Å²) in [5, 5.41) is 9.23. The zero-order valence-corrected chi connectivity index (χ0v) is 19.1. The van der Waals surface area contributed by atoms with Gasteiger partial charge in [-0.05, 0) is 75.9 Å². The molecule has 0 aliphatic rings. The van der Waals surface area contributed by atoms with Gasteiger partial charge in [0.25, 0.3) is 0 Å². The molecule has 0 radical (unpaired) electrons. The molecule has 0 spiro atoms. The van der Waals surface area contributed by atoms with Crippen molar-refractivity contribution in [2.45, 2.75) is 58.8 Å². The van der Waals surface area contributed by atoms with Crippen LogP contribution < -0.4 is 4.72 Å². The summed E-state index contributed by atoms with van der Waals surface area (Å²) in [4.78, 5) is 11.4. The quantitative estimate of drug-likeness (QED) is 0.571. The molecule has 0 bridgehead atoms. The summed E-state index contributed by atoms with van der Waals surface area (Å²) < 4.78 is 29.7. The molecule has 0 fully saturated rings. The Bertz CT molecular complexity index is 904. The molecule has 0 saturated carbocycles. The highest BCUT2D eigenvalue weighted by molar-refractivity contribution is 7.90. The van der Waals surface area contributed by atoms with Crippen LogP contribution in [0.25, 0.3) is 11.1 Å². The zero-order chi connectivity index (χ0) is 22.1. The molecule has 2 aromatic rings. The Hall–Kier alpha value is -1.60. The average molecular weight is 440 g/mol. The number of nitrogens with one attached hydrogen (secondary N) is 1. The third kappa shape index (κ3) is 5.72. The van der Waals surface area contributed by atoms with Crippen LogP contribution in [0.3, 0.4) is 0 Å². The van der Waals surface area contributed by atoms with Gasteiger partial charge >= 0.3 is 5.97 Å². The fourth-order valence-electron chi connectivity index (χ4n) is 3.34. The fourth-order valence-corrected chi connectivity index (χ4v) is 4.39. The molecule has 158 valence electrons. The molecule has 2 N–H and O–H groups in total. The third-order valence-electron chi connectivity index (χ3n) is 4.58. The van der Waals surface area contributed by atoms with Crippen molar-refractivity contribution in [2.75, 3.05) is 0 Å². The minimum absolute atomic E-state index is 0.0897. The van der Waals surface area contributed by atoms with Crippen LogP contribution in [-0.4, -0.2) is 20.4 Å². The summed E-state index contributed by atoms with van der Waals surface area (Å²) in [6.07, 6.45) is -0.426. The van der Waals surface area contributed by atoms with Gasteiger partial charge in [0.2, 0.25) is 0 Å². The van der Waals surface area contributed by atoms with Crippen molar-refractivity contribution in [1.29, 1.82) is 0 Å². The molecule has 2 rings (SSSR count). The summed E-state index contributed by atoms with van der Waals surface area (Å²) in [6, 6.07) is 6.22. The van der Waals surface area contributed by atoms with E-state index in [-0.39, 0.29) is 10.6 Å². The van der Waals surface area contributed by atoms with Crippen molar-refractivity contribution in [1.82, 2.24) is 4.72 Å². The molecule has 0 heterocycles. The summed E-state index contributed by atoms with van der Waals surface area (Å²) in [6.45, 7) is 11.2. The summed E-state index contributed by atoms with van der Waals surface area (Å²) in [5.41, 5.74) is 4.84. The van der Waals surface area contributed by atoms with Crippen LogP contribution in [0, 0.1) is 26.6 Å². The van der Waals surface area contributed by atoms with E-state index in [9.17, 15) is 18.8 Å². The van der Waals surface area contributed by atoms with Gasteiger partial charge in [-0.3, -0.25) is 4.79 Å². The van der Waals surface area contributed by atoms with Crippen LogP contribution in [0.1, 0.15) is 55.5 Å². The Morgan fingerprint density at radius 1 is 1.21 bits per heavy atom. The second-order valence-corrected chi connectivity index (χ2v) is 10.7. The summed E-state index contributed by atoms with van der Waals surface area (Å²) >= 11 is 4.60. The van der Waals surface area contributed by atoms with Crippen LogP contribution >= 0.6 is 11.6 Å². The third-order valence-corrected chi connectivity index (χ3v) is 6.47. The maximum Gasteiger partial charge on any atom is 0.305 e. The SMILES string of the molecule is Cc1cc(C)c(-c2cc(Cl)c(F)c(C(CC(=O)O)N[S+]([O-])C(C)(C)C)c2)c(C)c1.